The Bertz CT molecular complexity index is 612. The van der Waals surface area contributed by atoms with Gasteiger partial charge in [-0.1, -0.05) is 19.3 Å². The van der Waals surface area contributed by atoms with E-state index in [0.717, 1.165) is 36.2 Å². The van der Waals surface area contributed by atoms with Crippen molar-refractivity contribution in [1.29, 1.82) is 0 Å². The Morgan fingerprint density at radius 1 is 1.30 bits per heavy atom. The Kier molecular flexibility index (Phi) is 3.63. The van der Waals surface area contributed by atoms with Crippen LogP contribution in [0.5, 0.6) is 0 Å². The second kappa shape index (κ2) is 5.57. The molecule has 0 spiro atoms. The van der Waals surface area contributed by atoms with E-state index in [9.17, 15) is 4.79 Å². The average molecular weight is 269 g/mol. The zero-order valence-corrected chi connectivity index (χ0v) is 11.7. The summed E-state index contributed by atoms with van der Waals surface area (Å²) in [5.41, 5.74) is 2.79. The fourth-order valence-corrected chi connectivity index (χ4v) is 2.95. The van der Waals surface area contributed by atoms with Gasteiger partial charge in [0.2, 0.25) is 0 Å². The second-order valence-electron chi connectivity index (χ2n) is 5.56. The maximum atomic E-state index is 11.3. The lowest BCUT2D eigenvalue weighted by Crippen LogP contribution is -2.08. The summed E-state index contributed by atoms with van der Waals surface area (Å²) >= 11 is 0. The fourth-order valence-electron chi connectivity index (χ4n) is 2.95. The number of aromatic nitrogens is 3. The Balaban J connectivity index is 1.97. The van der Waals surface area contributed by atoms with Crippen LogP contribution in [0.1, 0.15) is 59.6 Å². The van der Waals surface area contributed by atoms with E-state index in [-0.39, 0.29) is 0 Å². The predicted molar refractivity (Wildman–Crippen MR) is 77.3 cm³/mol. The van der Waals surface area contributed by atoms with Gasteiger partial charge in [0.15, 0.2) is 12.1 Å². The van der Waals surface area contributed by atoms with Crippen LogP contribution in [-0.2, 0) is 0 Å². The van der Waals surface area contributed by atoms with Crippen LogP contribution in [0.15, 0.2) is 24.5 Å². The minimum atomic E-state index is 0.426. The monoisotopic (exact) mass is 269 g/mol. The molecule has 0 aromatic carbocycles. The summed E-state index contributed by atoms with van der Waals surface area (Å²) in [7, 11) is 0. The van der Waals surface area contributed by atoms with E-state index in [4.69, 9.17) is 0 Å². The van der Waals surface area contributed by atoms with E-state index in [1.807, 2.05) is 19.1 Å². The Morgan fingerprint density at radius 2 is 2.10 bits per heavy atom. The number of aldehydes is 1. The molecule has 0 amide bonds. The number of hydrogen-bond acceptors (Lipinski definition) is 3. The number of pyridine rings is 1. The number of aryl methyl sites for hydroxylation is 1. The molecule has 0 atom stereocenters. The highest BCUT2D eigenvalue weighted by atomic mass is 16.1. The molecule has 4 nitrogen and oxygen atoms in total. The lowest BCUT2D eigenvalue weighted by Gasteiger charge is -2.19. The van der Waals surface area contributed by atoms with Gasteiger partial charge in [0, 0.05) is 18.3 Å². The molecule has 0 radical (unpaired) electrons. The molecular formula is C16H19N3O. The standard InChI is InChI=1S/C16H19N3O/c1-12-7-8-17-15(9-12)19-10-14(11-20)16(18-19)13-5-3-2-4-6-13/h7-11,13H,2-6H2,1H3. The van der Waals surface area contributed by atoms with Gasteiger partial charge in [-0.2, -0.15) is 5.10 Å². The van der Waals surface area contributed by atoms with Gasteiger partial charge in [-0.05, 0) is 37.5 Å². The van der Waals surface area contributed by atoms with Crippen LogP contribution in [0.25, 0.3) is 5.82 Å². The van der Waals surface area contributed by atoms with Gasteiger partial charge in [0.05, 0.1) is 11.3 Å². The van der Waals surface area contributed by atoms with Crippen LogP contribution in [0.3, 0.4) is 0 Å². The highest BCUT2D eigenvalue weighted by Gasteiger charge is 2.22. The number of rotatable bonds is 3. The molecule has 3 rings (SSSR count). The molecule has 2 aromatic heterocycles. The van der Waals surface area contributed by atoms with E-state index < -0.39 is 0 Å². The Morgan fingerprint density at radius 3 is 2.80 bits per heavy atom. The summed E-state index contributed by atoms with van der Waals surface area (Å²) in [5, 5.41) is 4.64. The fraction of sp³-hybridized carbons (Fsp3) is 0.438. The third-order valence-corrected chi connectivity index (χ3v) is 4.03. The summed E-state index contributed by atoms with van der Waals surface area (Å²) in [6.07, 6.45) is 10.5. The first-order chi connectivity index (χ1) is 9.78. The zero-order chi connectivity index (χ0) is 13.9. The molecule has 1 aliphatic carbocycles. The van der Waals surface area contributed by atoms with Crippen molar-refractivity contribution in [3.8, 4) is 5.82 Å². The van der Waals surface area contributed by atoms with Crippen molar-refractivity contribution in [1.82, 2.24) is 14.8 Å². The molecule has 1 fully saturated rings. The minimum absolute atomic E-state index is 0.426. The molecule has 0 saturated heterocycles. The predicted octanol–water partition coefficient (Wildman–Crippen LogP) is 3.44. The van der Waals surface area contributed by atoms with Gasteiger partial charge >= 0.3 is 0 Å². The van der Waals surface area contributed by atoms with Gasteiger partial charge in [-0.15, -0.1) is 0 Å². The maximum absolute atomic E-state index is 11.3. The van der Waals surface area contributed by atoms with Gasteiger partial charge in [-0.3, -0.25) is 4.79 Å². The molecule has 2 aromatic rings. The van der Waals surface area contributed by atoms with Crippen molar-refractivity contribution < 1.29 is 4.79 Å². The van der Waals surface area contributed by atoms with Crippen molar-refractivity contribution in [2.24, 2.45) is 0 Å². The van der Waals surface area contributed by atoms with Gasteiger partial charge < -0.3 is 0 Å². The topological polar surface area (TPSA) is 47.8 Å². The van der Waals surface area contributed by atoms with E-state index >= 15 is 0 Å². The average Bonchev–Trinajstić information content (AvgIpc) is 2.92. The quantitative estimate of drug-likeness (QED) is 0.802. The summed E-state index contributed by atoms with van der Waals surface area (Å²) in [6.45, 7) is 2.03. The van der Waals surface area contributed by atoms with Gasteiger partial charge in [-0.25, -0.2) is 9.67 Å². The Hall–Kier alpha value is -1.97. The molecule has 0 aliphatic heterocycles. The smallest absolute Gasteiger partial charge is 0.153 e. The molecular weight excluding hydrogens is 250 g/mol. The summed E-state index contributed by atoms with van der Waals surface area (Å²) in [5.74, 6) is 1.20. The van der Waals surface area contributed by atoms with E-state index in [1.54, 1.807) is 17.1 Å². The number of carbonyl (C=O) groups excluding carboxylic acids is 1. The van der Waals surface area contributed by atoms with Crippen LogP contribution < -0.4 is 0 Å². The third-order valence-electron chi connectivity index (χ3n) is 4.03. The highest BCUT2D eigenvalue weighted by Crippen LogP contribution is 2.33. The van der Waals surface area contributed by atoms with Crippen molar-refractivity contribution in [3.63, 3.8) is 0 Å². The number of carbonyl (C=O) groups is 1. The number of hydrogen-bond donors (Lipinski definition) is 0. The van der Waals surface area contributed by atoms with Crippen LogP contribution >= 0.6 is 0 Å². The first-order valence-electron chi connectivity index (χ1n) is 7.25. The highest BCUT2D eigenvalue weighted by molar-refractivity contribution is 5.76. The van der Waals surface area contributed by atoms with Crippen LogP contribution in [0.2, 0.25) is 0 Å². The van der Waals surface area contributed by atoms with E-state index in [1.165, 1.54) is 19.3 Å². The molecule has 104 valence electrons. The molecule has 0 unspecified atom stereocenters. The SMILES string of the molecule is Cc1ccnc(-n2cc(C=O)c(C3CCCCC3)n2)c1. The zero-order valence-electron chi connectivity index (χ0n) is 11.7. The maximum Gasteiger partial charge on any atom is 0.153 e. The lowest BCUT2D eigenvalue weighted by atomic mass is 9.86. The summed E-state index contributed by atoms with van der Waals surface area (Å²) in [6, 6.07) is 3.93. The molecule has 4 heteroatoms. The Labute approximate surface area is 118 Å². The molecule has 2 heterocycles. The van der Waals surface area contributed by atoms with Crippen LogP contribution in [0.4, 0.5) is 0 Å². The second-order valence-corrected chi connectivity index (χ2v) is 5.56. The van der Waals surface area contributed by atoms with Crippen LogP contribution in [-0.4, -0.2) is 21.1 Å². The van der Waals surface area contributed by atoms with Crippen molar-refractivity contribution in [3.05, 3.63) is 41.3 Å². The van der Waals surface area contributed by atoms with Crippen LogP contribution in [0, 0.1) is 6.92 Å². The first kappa shape index (κ1) is 13.0. The van der Waals surface area contributed by atoms with Crippen molar-refractivity contribution in [2.45, 2.75) is 44.9 Å². The molecule has 0 N–H and O–H groups in total. The molecule has 0 bridgehead atoms. The van der Waals surface area contributed by atoms with E-state index in [0.29, 0.717) is 11.5 Å². The minimum Gasteiger partial charge on any atom is -0.298 e. The molecule has 20 heavy (non-hydrogen) atoms. The van der Waals surface area contributed by atoms with Crippen molar-refractivity contribution >= 4 is 6.29 Å². The molecule has 1 aliphatic rings. The summed E-state index contributed by atoms with van der Waals surface area (Å²) < 4.78 is 1.74. The van der Waals surface area contributed by atoms with Gasteiger partial charge in [0.1, 0.15) is 0 Å². The normalized spacial score (nSPS) is 16.2. The van der Waals surface area contributed by atoms with Gasteiger partial charge in [0.25, 0.3) is 0 Å². The largest absolute Gasteiger partial charge is 0.298 e. The summed E-state index contributed by atoms with van der Waals surface area (Å²) in [4.78, 5) is 15.6. The first-order valence-corrected chi connectivity index (χ1v) is 7.25. The third kappa shape index (κ3) is 2.50. The lowest BCUT2D eigenvalue weighted by molar-refractivity contribution is 0.112. The van der Waals surface area contributed by atoms with E-state index in [2.05, 4.69) is 10.1 Å². The molecule has 1 saturated carbocycles. The van der Waals surface area contributed by atoms with Crippen molar-refractivity contribution in [2.75, 3.05) is 0 Å². The number of nitrogens with zero attached hydrogens (tertiary/aromatic N) is 3.